The van der Waals surface area contributed by atoms with E-state index >= 15 is 0 Å². The summed E-state index contributed by atoms with van der Waals surface area (Å²) in [6.07, 6.45) is 6.84. The summed E-state index contributed by atoms with van der Waals surface area (Å²) in [5.41, 5.74) is 1.23. The molecule has 0 bridgehead atoms. The minimum atomic E-state index is 0.850. The maximum Gasteiger partial charge on any atom is 0.0933 e. The molecule has 1 aliphatic carbocycles. The maximum atomic E-state index is 4.72. The van der Waals surface area contributed by atoms with Crippen LogP contribution < -0.4 is 5.32 Å². The molecule has 1 N–H and O–H groups in total. The molecule has 2 rings (SSSR count). The number of nitrogens with one attached hydrogen (secondary N) is 1. The minimum absolute atomic E-state index is 0.850. The molecular formula is C15H26N2S. The first-order valence-electron chi connectivity index (χ1n) is 7.34. The second-order valence-corrected chi connectivity index (χ2v) is 6.85. The Bertz CT molecular complexity index is 353. The minimum Gasteiger partial charge on any atom is -0.317 e. The summed E-state index contributed by atoms with van der Waals surface area (Å²) >= 11 is 1.90. The summed E-state index contributed by atoms with van der Waals surface area (Å²) in [5.74, 6) is 1.71. The molecule has 0 aliphatic heterocycles. The molecule has 0 saturated heterocycles. The van der Waals surface area contributed by atoms with E-state index in [2.05, 4.69) is 26.1 Å². The van der Waals surface area contributed by atoms with E-state index in [1.165, 1.54) is 54.2 Å². The zero-order valence-electron chi connectivity index (χ0n) is 12.0. The second-order valence-electron chi connectivity index (χ2n) is 5.57. The normalized spacial score (nSPS) is 24.4. The molecule has 2 unspecified atom stereocenters. The van der Waals surface area contributed by atoms with Gasteiger partial charge in [0.25, 0.3) is 0 Å². The molecule has 3 heteroatoms. The monoisotopic (exact) mass is 266 g/mol. The topological polar surface area (TPSA) is 24.9 Å². The van der Waals surface area contributed by atoms with Crippen molar-refractivity contribution < 1.29 is 0 Å². The van der Waals surface area contributed by atoms with Crippen LogP contribution in [0.3, 0.4) is 0 Å². The summed E-state index contributed by atoms with van der Waals surface area (Å²) in [5, 5.41) is 4.89. The third-order valence-corrected chi connectivity index (χ3v) is 5.33. The van der Waals surface area contributed by atoms with Crippen molar-refractivity contribution >= 4 is 11.3 Å². The van der Waals surface area contributed by atoms with E-state index in [1.54, 1.807) is 0 Å². The fourth-order valence-corrected chi connectivity index (χ4v) is 4.03. The fraction of sp³-hybridized carbons (Fsp3) is 0.800. The summed E-state index contributed by atoms with van der Waals surface area (Å²) in [6.45, 7) is 8.81. The quantitative estimate of drug-likeness (QED) is 0.878. The highest BCUT2D eigenvalue weighted by Gasteiger charge is 2.25. The number of hydrogen-bond acceptors (Lipinski definition) is 3. The van der Waals surface area contributed by atoms with Crippen LogP contribution in [0.4, 0.5) is 0 Å². The highest BCUT2D eigenvalue weighted by molar-refractivity contribution is 7.11. The third kappa shape index (κ3) is 3.55. The summed E-state index contributed by atoms with van der Waals surface area (Å²) in [4.78, 5) is 6.11. The smallest absolute Gasteiger partial charge is 0.0933 e. The number of thiazole rings is 1. The number of nitrogens with zero attached hydrogens (tertiary/aromatic N) is 1. The second kappa shape index (κ2) is 6.67. The van der Waals surface area contributed by atoms with Crippen LogP contribution in [0, 0.1) is 25.7 Å². The van der Waals surface area contributed by atoms with E-state index in [1.807, 2.05) is 11.3 Å². The molecule has 2 nitrogen and oxygen atoms in total. The van der Waals surface area contributed by atoms with Crippen molar-refractivity contribution in [3.8, 4) is 0 Å². The van der Waals surface area contributed by atoms with Gasteiger partial charge in [0, 0.05) is 11.3 Å². The fourth-order valence-electron chi connectivity index (χ4n) is 3.00. The molecule has 0 spiro atoms. The molecule has 0 aromatic carbocycles. The van der Waals surface area contributed by atoms with Gasteiger partial charge in [-0.2, -0.15) is 0 Å². The van der Waals surface area contributed by atoms with E-state index in [9.17, 15) is 0 Å². The van der Waals surface area contributed by atoms with Crippen LogP contribution in [0.1, 0.15) is 48.2 Å². The van der Waals surface area contributed by atoms with E-state index in [0.29, 0.717) is 0 Å². The first kappa shape index (κ1) is 14.0. The Labute approximate surface area is 115 Å². The first-order chi connectivity index (χ1) is 8.70. The Morgan fingerprint density at radius 1 is 1.22 bits per heavy atom. The molecule has 0 radical (unpaired) electrons. The van der Waals surface area contributed by atoms with Gasteiger partial charge in [-0.3, -0.25) is 0 Å². The van der Waals surface area contributed by atoms with Gasteiger partial charge in [-0.25, -0.2) is 4.98 Å². The molecule has 0 amide bonds. The van der Waals surface area contributed by atoms with Gasteiger partial charge in [-0.15, -0.1) is 11.3 Å². The van der Waals surface area contributed by atoms with Crippen molar-refractivity contribution in [2.75, 3.05) is 13.1 Å². The van der Waals surface area contributed by atoms with Crippen LogP contribution in [0.2, 0.25) is 0 Å². The van der Waals surface area contributed by atoms with Gasteiger partial charge >= 0.3 is 0 Å². The van der Waals surface area contributed by atoms with Crippen LogP contribution >= 0.6 is 11.3 Å². The predicted octanol–water partition coefficient (Wildman–Crippen LogP) is 3.72. The molecule has 1 saturated carbocycles. The standard InChI is InChI=1S/C15H26N2S/c1-4-16-10-14-8-6-5-7-13(14)9-15-17-11(2)12(3)18-15/h13-14,16H,4-10H2,1-3H3. The lowest BCUT2D eigenvalue weighted by molar-refractivity contribution is 0.229. The molecule has 1 fully saturated rings. The average Bonchev–Trinajstić information content (AvgIpc) is 2.67. The van der Waals surface area contributed by atoms with E-state index < -0.39 is 0 Å². The van der Waals surface area contributed by atoms with Crippen molar-refractivity contribution in [2.45, 2.75) is 52.9 Å². The molecule has 1 aromatic rings. The third-order valence-electron chi connectivity index (χ3n) is 4.23. The van der Waals surface area contributed by atoms with Crippen molar-refractivity contribution in [2.24, 2.45) is 11.8 Å². The number of aryl methyl sites for hydroxylation is 2. The van der Waals surface area contributed by atoms with Crippen LogP contribution in [0.5, 0.6) is 0 Å². The van der Waals surface area contributed by atoms with Crippen LogP contribution in [-0.4, -0.2) is 18.1 Å². The molecule has 1 aromatic heterocycles. The average molecular weight is 266 g/mol. The zero-order chi connectivity index (χ0) is 13.0. The van der Waals surface area contributed by atoms with Gasteiger partial charge in [-0.1, -0.05) is 19.8 Å². The van der Waals surface area contributed by atoms with Crippen molar-refractivity contribution in [3.05, 3.63) is 15.6 Å². The van der Waals surface area contributed by atoms with Crippen LogP contribution in [0.25, 0.3) is 0 Å². The van der Waals surface area contributed by atoms with Crippen LogP contribution in [-0.2, 0) is 6.42 Å². The summed E-state index contributed by atoms with van der Waals surface area (Å²) in [6, 6.07) is 0. The van der Waals surface area contributed by atoms with E-state index in [4.69, 9.17) is 4.98 Å². The maximum absolute atomic E-state index is 4.72. The molecule has 18 heavy (non-hydrogen) atoms. The largest absolute Gasteiger partial charge is 0.317 e. The van der Waals surface area contributed by atoms with Gasteiger partial charge in [0.15, 0.2) is 0 Å². The lowest BCUT2D eigenvalue weighted by Gasteiger charge is -2.31. The Morgan fingerprint density at radius 3 is 2.56 bits per heavy atom. The Morgan fingerprint density at radius 2 is 1.94 bits per heavy atom. The molecule has 1 aliphatic rings. The van der Waals surface area contributed by atoms with Crippen LogP contribution in [0.15, 0.2) is 0 Å². The molecule has 102 valence electrons. The van der Waals surface area contributed by atoms with Gasteiger partial charge in [0.2, 0.25) is 0 Å². The van der Waals surface area contributed by atoms with Gasteiger partial charge in [0.1, 0.15) is 0 Å². The first-order valence-corrected chi connectivity index (χ1v) is 8.16. The summed E-state index contributed by atoms with van der Waals surface area (Å²) < 4.78 is 0. The number of aromatic nitrogens is 1. The number of hydrogen-bond donors (Lipinski definition) is 1. The van der Waals surface area contributed by atoms with Gasteiger partial charge in [-0.05, 0) is 51.6 Å². The lowest BCUT2D eigenvalue weighted by Crippen LogP contribution is -2.31. The zero-order valence-corrected chi connectivity index (χ0v) is 12.8. The van der Waals surface area contributed by atoms with Gasteiger partial charge in [0.05, 0.1) is 10.7 Å². The van der Waals surface area contributed by atoms with E-state index in [-0.39, 0.29) is 0 Å². The Balaban J connectivity index is 1.96. The predicted molar refractivity (Wildman–Crippen MR) is 79.3 cm³/mol. The van der Waals surface area contributed by atoms with Crippen molar-refractivity contribution in [3.63, 3.8) is 0 Å². The number of rotatable bonds is 5. The highest BCUT2D eigenvalue weighted by atomic mass is 32.1. The molecule has 2 atom stereocenters. The van der Waals surface area contributed by atoms with Gasteiger partial charge < -0.3 is 5.32 Å². The summed E-state index contributed by atoms with van der Waals surface area (Å²) in [7, 11) is 0. The SMILES string of the molecule is CCNCC1CCCCC1Cc1nc(C)c(C)s1. The Hall–Kier alpha value is -0.410. The molecule has 1 heterocycles. The molecular weight excluding hydrogens is 240 g/mol. The van der Waals surface area contributed by atoms with Crippen molar-refractivity contribution in [1.82, 2.24) is 10.3 Å². The lowest BCUT2D eigenvalue weighted by atomic mass is 9.77. The van der Waals surface area contributed by atoms with E-state index in [0.717, 1.165) is 18.4 Å². The van der Waals surface area contributed by atoms with Crippen molar-refractivity contribution in [1.29, 1.82) is 0 Å². The Kier molecular flexibility index (Phi) is 5.19. The highest BCUT2D eigenvalue weighted by Crippen LogP contribution is 2.33.